The van der Waals surface area contributed by atoms with E-state index in [4.69, 9.17) is 0 Å². The molecule has 0 aliphatic carbocycles. The first-order valence-electron chi connectivity index (χ1n) is 1.68. The van der Waals surface area contributed by atoms with Crippen molar-refractivity contribution in [3.63, 3.8) is 0 Å². The van der Waals surface area contributed by atoms with Crippen LogP contribution in [-0.2, 0) is 0 Å². The van der Waals surface area contributed by atoms with E-state index in [0.717, 1.165) is 0 Å². The largest absolute Gasteiger partial charge is 1.00 e. The van der Waals surface area contributed by atoms with Gasteiger partial charge in [-0.15, -0.1) is 0 Å². The van der Waals surface area contributed by atoms with Gasteiger partial charge in [-0.3, -0.25) is 0 Å². The monoisotopic (exact) mass is 91.1 g/mol. The number of pyridine rings is 1. The summed E-state index contributed by atoms with van der Waals surface area (Å²) in [5, 5.41) is 0. The number of hydrogen-bond donors (Lipinski definition) is 0. The Kier molecular flexibility index (Phi) is 10.3. The third-order valence-corrected chi connectivity index (χ3v) is 0.468. The fourth-order valence-electron chi connectivity index (χ4n) is 0.246. The topological polar surface area (TPSA) is 12.9 Å². The SMILES string of the molecule is [Li+].[Li+].[c-]1cc[c-]nc1. The Morgan fingerprint density at radius 1 is 1.12 bits per heavy atom. The summed E-state index contributed by atoms with van der Waals surface area (Å²) in [5.74, 6) is 0. The number of hydrogen-bond acceptors (Lipinski definition) is 1. The van der Waals surface area contributed by atoms with Gasteiger partial charge in [0, 0.05) is 0 Å². The van der Waals surface area contributed by atoms with E-state index in [1.54, 1.807) is 18.3 Å². The average Bonchev–Trinajstić information content (AvgIpc) is 1.72. The number of nitrogens with zero attached hydrogens (tertiary/aromatic N) is 1. The fourth-order valence-corrected chi connectivity index (χ4v) is 0.246. The molecule has 1 aromatic rings. The average molecular weight is 91.0 g/mol. The maximum atomic E-state index is 3.60. The maximum Gasteiger partial charge on any atom is 1.00 e. The smallest absolute Gasteiger partial charge is 0.434 e. The molecule has 0 atom stereocenters. The molecular weight excluding hydrogens is 87.9 g/mol. The second-order valence-electron chi connectivity index (χ2n) is 0.887. The zero-order valence-corrected chi connectivity index (χ0v) is 5.18. The molecule has 1 heterocycles. The summed E-state index contributed by atoms with van der Waals surface area (Å²) in [7, 11) is 0. The Morgan fingerprint density at radius 3 is 2.00 bits per heavy atom. The van der Waals surface area contributed by atoms with Crippen molar-refractivity contribution < 1.29 is 37.7 Å². The molecule has 0 aliphatic rings. The molecule has 30 valence electrons. The first-order chi connectivity index (χ1) is 3.00. The molecule has 0 unspecified atom stereocenters. The Balaban J connectivity index is 0. The third-order valence-electron chi connectivity index (χ3n) is 0.468. The van der Waals surface area contributed by atoms with Crippen LogP contribution in [0.4, 0.5) is 0 Å². The van der Waals surface area contributed by atoms with Crippen molar-refractivity contribution in [1.82, 2.24) is 4.98 Å². The summed E-state index contributed by atoms with van der Waals surface area (Å²) >= 11 is 0. The van der Waals surface area contributed by atoms with Crippen LogP contribution in [0.25, 0.3) is 0 Å². The number of aromatic nitrogens is 1. The minimum absolute atomic E-state index is 0. The summed E-state index contributed by atoms with van der Waals surface area (Å²) in [5.41, 5.74) is 0. The van der Waals surface area contributed by atoms with Gasteiger partial charge in [-0.25, -0.2) is 0 Å². The van der Waals surface area contributed by atoms with Crippen molar-refractivity contribution in [3.05, 3.63) is 30.6 Å². The van der Waals surface area contributed by atoms with Gasteiger partial charge < -0.3 is 23.2 Å². The van der Waals surface area contributed by atoms with Gasteiger partial charge in [0.25, 0.3) is 0 Å². The minimum atomic E-state index is 0. The van der Waals surface area contributed by atoms with E-state index < -0.39 is 0 Å². The van der Waals surface area contributed by atoms with E-state index in [1.807, 2.05) is 0 Å². The zero-order valence-electron chi connectivity index (χ0n) is 5.18. The molecule has 0 saturated heterocycles. The van der Waals surface area contributed by atoms with Crippen LogP contribution in [0, 0.1) is 12.3 Å². The minimum Gasteiger partial charge on any atom is -0.434 e. The summed E-state index contributed by atoms with van der Waals surface area (Å²) < 4.78 is 0. The first kappa shape index (κ1) is 11.2. The summed E-state index contributed by atoms with van der Waals surface area (Å²) in [4.78, 5) is 3.60. The molecule has 1 aromatic heterocycles. The Labute approximate surface area is 73.2 Å². The van der Waals surface area contributed by atoms with E-state index in [1.165, 1.54) is 0 Å². The Morgan fingerprint density at radius 2 is 1.88 bits per heavy atom. The van der Waals surface area contributed by atoms with Crippen molar-refractivity contribution in [1.29, 1.82) is 0 Å². The molecule has 1 nitrogen and oxygen atoms in total. The second-order valence-corrected chi connectivity index (χ2v) is 0.887. The van der Waals surface area contributed by atoms with Crippen LogP contribution in [0.1, 0.15) is 0 Å². The Hall–Kier alpha value is 0.345. The standard InChI is InChI=1S/C5H3N.2Li/c1-2-4-6-5-3-1;;/h1-2,5H;;/q-2;2*+1. The summed E-state index contributed by atoms with van der Waals surface area (Å²) in [6.07, 6.45) is 4.18. The van der Waals surface area contributed by atoms with E-state index in [-0.39, 0.29) is 37.7 Å². The van der Waals surface area contributed by atoms with Gasteiger partial charge in [-0.2, -0.15) is 12.4 Å². The van der Waals surface area contributed by atoms with E-state index >= 15 is 0 Å². The van der Waals surface area contributed by atoms with Crippen LogP contribution in [0.3, 0.4) is 0 Å². The molecule has 0 fully saturated rings. The van der Waals surface area contributed by atoms with Gasteiger partial charge in [0.2, 0.25) is 0 Å². The van der Waals surface area contributed by atoms with Crippen molar-refractivity contribution in [2.45, 2.75) is 0 Å². The maximum absolute atomic E-state index is 3.60. The van der Waals surface area contributed by atoms with Gasteiger partial charge in [0.05, 0.1) is 0 Å². The molecule has 1 rings (SSSR count). The molecule has 0 spiro atoms. The van der Waals surface area contributed by atoms with Gasteiger partial charge in [-0.1, -0.05) is 0 Å². The predicted octanol–water partition coefficient (Wildman–Crippen LogP) is -5.31. The van der Waals surface area contributed by atoms with E-state index in [0.29, 0.717) is 0 Å². The van der Waals surface area contributed by atoms with Crippen LogP contribution in [-0.4, -0.2) is 4.98 Å². The molecular formula is C5H3Li2N. The van der Waals surface area contributed by atoms with Crippen LogP contribution in [0.5, 0.6) is 0 Å². The van der Waals surface area contributed by atoms with Gasteiger partial charge in [0.1, 0.15) is 0 Å². The van der Waals surface area contributed by atoms with Crippen LogP contribution >= 0.6 is 0 Å². The molecule has 8 heavy (non-hydrogen) atoms. The third kappa shape index (κ3) is 4.50. The number of rotatable bonds is 0. The molecule has 0 aliphatic heterocycles. The quantitative estimate of drug-likeness (QED) is 0.229. The van der Waals surface area contributed by atoms with Crippen molar-refractivity contribution >= 4 is 0 Å². The molecule has 0 bridgehead atoms. The molecule has 3 heteroatoms. The molecule has 0 radical (unpaired) electrons. The Bertz CT molecular complexity index is 82.4. The molecule has 0 aromatic carbocycles. The van der Waals surface area contributed by atoms with Crippen molar-refractivity contribution in [2.75, 3.05) is 0 Å². The molecule has 0 saturated carbocycles. The zero-order chi connectivity index (χ0) is 4.24. The van der Waals surface area contributed by atoms with Crippen molar-refractivity contribution in [3.8, 4) is 0 Å². The van der Waals surface area contributed by atoms with Crippen LogP contribution in [0.2, 0.25) is 0 Å². The van der Waals surface area contributed by atoms with Gasteiger partial charge in [0.15, 0.2) is 0 Å². The molecule has 0 amide bonds. The van der Waals surface area contributed by atoms with E-state index in [2.05, 4.69) is 17.2 Å². The van der Waals surface area contributed by atoms with E-state index in [9.17, 15) is 0 Å². The second kappa shape index (κ2) is 7.34. The summed E-state index contributed by atoms with van der Waals surface area (Å²) in [6, 6.07) is 6.22. The van der Waals surface area contributed by atoms with Crippen LogP contribution in [0.15, 0.2) is 18.3 Å². The normalized spacial score (nSPS) is 6.00. The van der Waals surface area contributed by atoms with Gasteiger partial charge in [-0.05, 0) is 0 Å². The summed E-state index contributed by atoms with van der Waals surface area (Å²) in [6.45, 7) is 0. The van der Waals surface area contributed by atoms with Gasteiger partial charge >= 0.3 is 37.7 Å². The van der Waals surface area contributed by atoms with Crippen LogP contribution < -0.4 is 37.7 Å². The van der Waals surface area contributed by atoms with Crippen molar-refractivity contribution in [2.24, 2.45) is 0 Å². The fraction of sp³-hybridized carbons (Fsp3) is 0. The molecule has 0 N–H and O–H groups in total. The predicted molar refractivity (Wildman–Crippen MR) is 21.9 cm³/mol. The first-order valence-corrected chi connectivity index (χ1v) is 1.68.